The molecule has 3 N–H and O–H groups in total. The minimum absolute atomic E-state index is 0.0171. The Morgan fingerprint density at radius 2 is 2.00 bits per heavy atom. The summed E-state index contributed by atoms with van der Waals surface area (Å²) in [4.78, 5) is 11.4. The van der Waals surface area contributed by atoms with E-state index in [-0.39, 0.29) is 12.6 Å². The molecule has 2 unspecified atom stereocenters. The highest BCUT2D eigenvalue weighted by Gasteiger charge is 2.23. The number of sulfone groups is 1. The van der Waals surface area contributed by atoms with Crippen LogP contribution in [0.3, 0.4) is 0 Å². The number of carbonyl (C=O) groups is 1. The lowest BCUT2D eigenvalue weighted by Crippen LogP contribution is -2.41. The van der Waals surface area contributed by atoms with Crippen molar-refractivity contribution in [2.24, 2.45) is 5.73 Å². The molecule has 2 atom stereocenters. The van der Waals surface area contributed by atoms with Gasteiger partial charge in [-0.3, -0.25) is 4.79 Å². The summed E-state index contributed by atoms with van der Waals surface area (Å²) in [6.45, 7) is 3.59. The first-order valence-electron chi connectivity index (χ1n) is 5.03. The average molecular weight is 252 g/mol. The zero-order chi connectivity index (χ0) is 12.8. The molecule has 0 aliphatic rings. The van der Waals surface area contributed by atoms with Crippen molar-refractivity contribution in [3.8, 4) is 0 Å². The van der Waals surface area contributed by atoms with E-state index in [1.54, 1.807) is 6.92 Å². The summed E-state index contributed by atoms with van der Waals surface area (Å²) in [6, 6.07) is -0.208. The highest BCUT2D eigenvalue weighted by atomic mass is 32.2. The second kappa shape index (κ2) is 6.82. The second-order valence-electron chi connectivity index (χ2n) is 3.78. The lowest BCUT2D eigenvalue weighted by atomic mass is 10.3. The topological polar surface area (TPSA) is 98.5 Å². The Hall–Kier alpha value is -0.660. The normalized spacial score (nSPS) is 15.5. The number of nitrogens with one attached hydrogen (secondary N) is 1. The van der Waals surface area contributed by atoms with Gasteiger partial charge >= 0.3 is 0 Å². The molecule has 0 fully saturated rings. The number of hydrogen-bond donors (Lipinski definition) is 2. The fourth-order valence-corrected chi connectivity index (χ4v) is 2.11. The van der Waals surface area contributed by atoms with Crippen molar-refractivity contribution >= 4 is 15.7 Å². The van der Waals surface area contributed by atoms with E-state index in [2.05, 4.69) is 5.32 Å². The van der Waals surface area contributed by atoms with Crippen LogP contribution in [0, 0.1) is 0 Å². The van der Waals surface area contributed by atoms with Crippen molar-refractivity contribution in [3.63, 3.8) is 0 Å². The number of carbonyl (C=O) groups excluding carboxylic acids is 1. The smallest absolute Gasteiger partial charge is 0.235 e. The van der Waals surface area contributed by atoms with Crippen LogP contribution in [0.15, 0.2) is 0 Å². The van der Waals surface area contributed by atoms with Gasteiger partial charge in [-0.1, -0.05) is 0 Å². The maximum Gasteiger partial charge on any atom is 0.235 e. The molecule has 7 heteroatoms. The Kier molecular flexibility index (Phi) is 6.54. The fourth-order valence-electron chi connectivity index (χ4n) is 1.08. The Balaban J connectivity index is 4.25. The fraction of sp³-hybridized carbons (Fsp3) is 0.889. The predicted octanol–water partition coefficient (Wildman–Crippen LogP) is -1.10. The highest BCUT2D eigenvalue weighted by Crippen LogP contribution is 2.00. The van der Waals surface area contributed by atoms with Crippen LogP contribution < -0.4 is 11.1 Å². The third-order valence-electron chi connectivity index (χ3n) is 2.10. The van der Waals surface area contributed by atoms with Gasteiger partial charge in [0.05, 0.1) is 11.9 Å². The van der Waals surface area contributed by atoms with E-state index in [9.17, 15) is 13.2 Å². The van der Waals surface area contributed by atoms with Gasteiger partial charge in [-0.2, -0.15) is 0 Å². The average Bonchev–Trinajstić information content (AvgIpc) is 2.15. The highest BCUT2D eigenvalue weighted by molar-refractivity contribution is 7.92. The zero-order valence-electron chi connectivity index (χ0n) is 9.89. The van der Waals surface area contributed by atoms with E-state index in [4.69, 9.17) is 10.5 Å². The molecule has 0 saturated carbocycles. The minimum atomic E-state index is -3.45. The summed E-state index contributed by atoms with van der Waals surface area (Å²) in [7, 11) is -1.94. The van der Waals surface area contributed by atoms with Crippen molar-refractivity contribution < 1.29 is 17.9 Å². The standard InChI is InChI=1S/C9H20N2O4S/c1-7(5-15-3)11-9(12)6-16(13,14)8(2)4-10/h7-8H,4-6,10H2,1-3H3,(H,11,12). The van der Waals surface area contributed by atoms with Crippen molar-refractivity contribution in [2.75, 3.05) is 26.0 Å². The quantitative estimate of drug-likeness (QED) is 0.599. The van der Waals surface area contributed by atoms with Crippen LogP contribution in [0.2, 0.25) is 0 Å². The molecule has 6 nitrogen and oxygen atoms in total. The van der Waals surface area contributed by atoms with Gasteiger partial charge in [-0.05, 0) is 13.8 Å². The van der Waals surface area contributed by atoms with E-state index in [0.717, 1.165) is 0 Å². The summed E-state index contributed by atoms with van der Waals surface area (Å²) >= 11 is 0. The van der Waals surface area contributed by atoms with Crippen LogP contribution in [0.1, 0.15) is 13.8 Å². The van der Waals surface area contributed by atoms with Gasteiger partial charge in [0.15, 0.2) is 9.84 Å². The van der Waals surface area contributed by atoms with Gasteiger partial charge in [0, 0.05) is 19.7 Å². The summed E-state index contributed by atoms with van der Waals surface area (Å²) in [6.07, 6.45) is 0. The van der Waals surface area contributed by atoms with Crippen molar-refractivity contribution in [2.45, 2.75) is 25.1 Å². The largest absolute Gasteiger partial charge is 0.383 e. The molecule has 0 aromatic heterocycles. The maximum atomic E-state index is 11.5. The molecule has 1 amide bonds. The molecule has 16 heavy (non-hydrogen) atoms. The SMILES string of the molecule is COCC(C)NC(=O)CS(=O)(=O)C(C)CN. The number of ether oxygens (including phenoxy) is 1. The molecule has 0 aromatic rings. The van der Waals surface area contributed by atoms with E-state index in [1.807, 2.05) is 0 Å². The molecule has 0 rings (SSSR count). The number of nitrogens with two attached hydrogens (primary N) is 1. The molecule has 0 bridgehead atoms. The van der Waals surface area contributed by atoms with Gasteiger partial charge in [-0.25, -0.2) is 8.42 Å². The number of amides is 1. The zero-order valence-corrected chi connectivity index (χ0v) is 10.7. The molecule has 96 valence electrons. The lowest BCUT2D eigenvalue weighted by Gasteiger charge is -2.14. The minimum Gasteiger partial charge on any atom is -0.383 e. The summed E-state index contributed by atoms with van der Waals surface area (Å²) in [5.74, 6) is -1.05. The first-order valence-corrected chi connectivity index (χ1v) is 6.75. The monoisotopic (exact) mass is 252 g/mol. The summed E-state index contributed by atoms with van der Waals surface area (Å²) in [5.41, 5.74) is 5.25. The summed E-state index contributed by atoms with van der Waals surface area (Å²) in [5, 5.41) is 1.83. The molecule has 0 aliphatic carbocycles. The first-order chi connectivity index (χ1) is 7.33. The Morgan fingerprint density at radius 1 is 1.44 bits per heavy atom. The first kappa shape index (κ1) is 15.3. The van der Waals surface area contributed by atoms with Gasteiger partial charge in [-0.15, -0.1) is 0 Å². The van der Waals surface area contributed by atoms with Gasteiger partial charge in [0.25, 0.3) is 0 Å². The van der Waals surface area contributed by atoms with Crippen LogP contribution in [0.4, 0.5) is 0 Å². The lowest BCUT2D eigenvalue weighted by molar-refractivity contribution is -0.119. The third-order valence-corrected chi connectivity index (χ3v) is 4.18. The van der Waals surface area contributed by atoms with Crippen LogP contribution in [0.5, 0.6) is 0 Å². The summed E-state index contributed by atoms with van der Waals surface area (Å²) < 4.78 is 27.9. The second-order valence-corrected chi connectivity index (χ2v) is 6.20. The number of methoxy groups -OCH3 is 1. The maximum absolute atomic E-state index is 11.5. The van der Waals surface area contributed by atoms with Crippen LogP contribution in [0.25, 0.3) is 0 Å². The molecule has 0 aromatic carbocycles. The molecule has 0 radical (unpaired) electrons. The molecular formula is C9H20N2O4S. The van der Waals surface area contributed by atoms with Crippen LogP contribution in [-0.4, -0.2) is 51.6 Å². The van der Waals surface area contributed by atoms with E-state index in [0.29, 0.717) is 6.61 Å². The van der Waals surface area contributed by atoms with E-state index in [1.165, 1.54) is 14.0 Å². The van der Waals surface area contributed by atoms with Crippen molar-refractivity contribution in [3.05, 3.63) is 0 Å². The van der Waals surface area contributed by atoms with Crippen molar-refractivity contribution in [1.29, 1.82) is 0 Å². The van der Waals surface area contributed by atoms with Gasteiger partial charge in [0.2, 0.25) is 5.91 Å². The molecule has 0 saturated heterocycles. The Bertz CT molecular complexity index is 315. The molecule has 0 heterocycles. The van der Waals surface area contributed by atoms with E-state index >= 15 is 0 Å². The number of hydrogen-bond acceptors (Lipinski definition) is 5. The van der Waals surface area contributed by atoms with Crippen LogP contribution >= 0.6 is 0 Å². The molecule has 0 aliphatic heterocycles. The molecule has 0 spiro atoms. The predicted molar refractivity (Wildman–Crippen MR) is 61.8 cm³/mol. The van der Waals surface area contributed by atoms with E-state index < -0.39 is 26.7 Å². The van der Waals surface area contributed by atoms with Gasteiger partial charge in [0.1, 0.15) is 5.75 Å². The van der Waals surface area contributed by atoms with Gasteiger partial charge < -0.3 is 15.8 Å². The van der Waals surface area contributed by atoms with Crippen LogP contribution in [-0.2, 0) is 19.4 Å². The Labute approximate surface area is 96.4 Å². The Morgan fingerprint density at radius 3 is 2.44 bits per heavy atom. The molecular weight excluding hydrogens is 232 g/mol. The number of rotatable bonds is 7. The third kappa shape index (κ3) is 5.43. The van der Waals surface area contributed by atoms with Crippen molar-refractivity contribution in [1.82, 2.24) is 5.32 Å².